The predicted molar refractivity (Wildman–Crippen MR) is 123 cm³/mol. The summed E-state index contributed by atoms with van der Waals surface area (Å²) in [7, 11) is 0. The van der Waals surface area contributed by atoms with E-state index in [1.807, 2.05) is 29.7 Å². The number of hydrogen-bond acceptors (Lipinski definition) is 8. The molecule has 10 heteroatoms. The third-order valence-corrected chi connectivity index (χ3v) is 5.98. The molecule has 0 unspecified atom stereocenters. The molecule has 0 bridgehead atoms. The molecule has 0 aliphatic heterocycles. The predicted octanol–water partition coefficient (Wildman–Crippen LogP) is 4.28. The number of aromatic nitrogens is 5. The van der Waals surface area contributed by atoms with Crippen LogP contribution in [0, 0.1) is 6.92 Å². The number of rotatable bonds is 6. The smallest absolute Gasteiger partial charge is 0.265 e. The number of nitrogen functional groups attached to an aromatic ring is 1. The van der Waals surface area contributed by atoms with Gasteiger partial charge in [-0.15, -0.1) is 0 Å². The molecule has 3 aromatic heterocycles. The topological polar surface area (TPSA) is 125 Å². The molecule has 0 saturated heterocycles. The van der Waals surface area contributed by atoms with Crippen molar-refractivity contribution in [3.8, 4) is 11.5 Å². The van der Waals surface area contributed by atoms with Crippen LogP contribution in [-0.4, -0.2) is 24.7 Å². The molecule has 1 saturated carbocycles. The third kappa shape index (κ3) is 3.48. The van der Waals surface area contributed by atoms with E-state index in [4.69, 9.17) is 21.9 Å². The summed E-state index contributed by atoms with van der Waals surface area (Å²) in [5.74, 6) is 1.41. The Labute approximate surface area is 188 Å². The third-order valence-electron chi connectivity index (χ3n) is 5.67. The summed E-state index contributed by atoms with van der Waals surface area (Å²) in [5, 5.41) is 9.11. The Balaban J connectivity index is 1.64. The maximum Gasteiger partial charge on any atom is 0.265 e. The minimum atomic E-state index is -0.219. The molecule has 32 heavy (non-hydrogen) atoms. The molecule has 1 atom stereocenters. The Morgan fingerprint density at radius 1 is 1.34 bits per heavy atom. The molecule has 0 radical (unpaired) electrons. The molecule has 0 amide bonds. The number of nitrogens with two attached hydrogens (primary N) is 1. The summed E-state index contributed by atoms with van der Waals surface area (Å²) in [6.07, 6.45) is 4.01. The molecular formula is C22H22ClN7O2. The lowest BCUT2D eigenvalue weighted by Crippen LogP contribution is -2.27. The van der Waals surface area contributed by atoms with Gasteiger partial charge in [0.05, 0.1) is 16.5 Å². The highest BCUT2D eigenvalue weighted by Crippen LogP contribution is 2.39. The van der Waals surface area contributed by atoms with Crippen LogP contribution in [-0.2, 0) is 0 Å². The fraction of sp³-hybridized carbons (Fsp3) is 0.318. The van der Waals surface area contributed by atoms with Crippen LogP contribution in [0.25, 0.3) is 22.2 Å². The van der Waals surface area contributed by atoms with Crippen molar-refractivity contribution in [3.05, 3.63) is 57.5 Å². The quantitative estimate of drug-likeness (QED) is 0.445. The van der Waals surface area contributed by atoms with Crippen molar-refractivity contribution < 1.29 is 4.52 Å². The van der Waals surface area contributed by atoms with Gasteiger partial charge in [0.1, 0.15) is 23.5 Å². The van der Waals surface area contributed by atoms with Gasteiger partial charge in [-0.2, -0.15) is 4.98 Å². The van der Waals surface area contributed by atoms with Crippen molar-refractivity contribution in [3.63, 3.8) is 0 Å². The van der Waals surface area contributed by atoms with Crippen molar-refractivity contribution in [2.24, 2.45) is 0 Å². The fourth-order valence-electron chi connectivity index (χ4n) is 4.00. The lowest BCUT2D eigenvalue weighted by molar-refractivity contribution is 0.425. The van der Waals surface area contributed by atoms with Crippen molar-refractivity contribution in [2.75, 3.05) is 11.1 Å². The van der Waals surface area contributed by atoms with Gasteiger partial charge in [-0.3, -0.25) is 4.79 Å². The van der Waals surface area contributed by atoms with Gasteiger partial charge in [0, 0.05) is 11.7 Å². The van der Waals surface area contributed by atoms with Crippen molar-refractivity contribution in [1.82, 2.24) is 24.7 Å². The summed E-state index contributed by atoms with van der Waals surface area (Å²) in [6, 6.07) is 7.49. The van der Waals surface area contributed by atoms with E-state index in [-0.39, 0.29) is 29.4 Å². The number of nitrogens with zero attached hydrogens (tertiary/aromatic N) is 5. The van der Waals surface area contributed by atoms with E-state index in [1.165, 1.54) is 6.33 Å². The van der Waals surface area contributed by atoms with Gasteiger partial charge in [0.25, 0.3) is 11.4 Å². The Morgan fingerprint density at radius 2 is 2.16 bits per heavy atom. The number of hydrogen-bond donors (Lipinski definition) is 2. The lowest BCUT2D eigenvalue weighted by atomic mass is 10.0. The molecule has 3 N–H and O–H groups in total. The van der Waals surface area contributed by atoms with Crippen LogP contribution < -0.4 is 16.6 Å². The summed E-state index contributed by atoms with van der Waals surface area (Å²) in [6.45, 7) is 3.77. The molecule has 164 valence electrons. The van der Waals surface area contributed by atoms with Crippen LogP contribution in [0.3, 0.4) is 0 Å². The van der Waals surface area contributed by atoms with E-state index in [0.29, 0.717) is 34.0 Å². The van der Waals surface area contributed by atoms with Crippen LogP contribution in [0.5, 0.6) is 0 Å². The highest BCUT2D eigenvalue weighted by molar-refractivity contribution is 6.35. The Kier molecular flexibility index (Phi) is 5.05. The molecule has 1 fully saturated rings. The SMILES string of the molecule is CC[C@H](Nc1ncnc(N)c1-c1nc(C)no1)c1cc2cccc(Cl)c2c(=O)n1C1CC1. The summed E-state index contributed by atoms with van der Waals surface area (Å²) < 4.78 is 7.20. The van der Waals surface area contributed by atoms with Gasteiger partial charge < -0.3 is 20.1 Å². The number of anilines is 2. The standard InChI is InChI=1S/C22H22ClN7O2/c1-3-15(28-20-18(19(24)25-10-26-20)21-27-11(2)29-32-21)16-9-12-5-4-6-14(23)17(12)22(31)30(16)13-7-8-13/h4-6,9-10,13,15H,3,7-8H2,1-2H3,(H3,24,25,26,28)/t15-/m0/s1. The average Bonchev–Trinajstić information content (AvgIpc) is 3.51. The van der Waals surface area contributed by atoms with E-state index < -0.39 is 0 Å². The van der Waals surface area contributed by atoms with Gasteiger partial charge in [0.15, 0.2) is 5.82 Å². The van der Waals surface area contributed by atoms with E-state index in [1.54, 1.807) is 13.0 Å². The van der Waals surface area contributed by atoms with Gasteiger partial charge >= 0.3 is 0 Å². The highest BCUT2D eigenvalue weighted by atomic mass is 35.5. The number of nitrogens with one attached hydrogen (secondary N) is 1. The molecule has 0 spiro atoms. The summed E-state index contributed by atoms with van der Waals surface area (Å²) >= 11 is 6.38. The van der Waals surface area contributed by atoms with Crippen LogP contribution in [0.4, 0.5) is 11.6 Å². The Morgan fingerprint density at radius 3 is 2.84 bits per heavy atom. The Bertz CT molecular complexity index is 1380. The maximum atomic E-state index is 13.4. The minimum absolute atomic E-state index is 0.0687. The van der Waals surface area contributed by atoms with Crippen LogP contribution >= 0.6 is 11.6 Å². The van der Waals surface area contributed by atoms with Gasteiger partial charge in [0.2, 0.25) is 0 Å². The van der Waals surface area contributed by atoms with Crippen LogP contribution in [0.2, 0.25) is 5.02 Å². The maximum absolute atomic E-state index is 13.4. The van der Waals surface area contributed by atoms with Crippen molar-refractivity contribution in [1.29, 1.82) is 0 Å². The first-order chi connectivity index (χ1) is 15.5. The monoisotopic (exact) mass is 451 g/mol. The average molecular weight is 452 g/mol. The first kappa shape index (κ1) is 20.4. The lowest BCUT2D eigenvalue weighted by Gasteiger charge is -2.24. The number of aryl methyl sites for hydroxylation is 1. The van der Waals surface area contributed by atoms with Crippen molar-refractivity contribution in [2.45, 2.75) is 45.2 Å². The van der Waals surface area contributed by atoms with Crippen molar-refractivity contribution >= 4 is 34.0 Å². The summed E-state index contributed by atoms with van der Waals surface area (Å²) in [4.78, 5) is 26.2. The van der Waals surface area contributed by atoms with E-state index in [2.05, 4.69) is 25.4 Å². The molecule has 1 aromatic carbocycles. The van der Waals surface area contributed by atoms with Crippen LogP contribution in [0.1, 0.15) is 49.8 Å². The first-order valence-electron chi connectivity index (χ1n) is 10.5. The summed E-state index contributed by atoms with van der Waals surface area (Å²) in [5.41, 5.74) is 7.38. The largest absolute Gasteiger partial charge is 0.383 e. The molecule has 1 aliphatic carbocycles. The van der Waals surface area contributed by atoms with E-state index >= 15 is 0 Å². The van der Waals surface area contributed by atoms with Crippen LogP contribution in [0.15, 0.2) is 39.9 Å². The van der Waals surface area contributed by atoms with E-state index in [0.717, 1.165) is 23.9 Å². The van der Waals surface area contributed by atoms with Gasteiger partial charge in [-0.1, -0.05) is 35.8 Å². The molecule has 5 rings (SSSR count). The highest BCUT2D eigenvalue weighted by Gasteiger charge is 2.31. The molecular weight excluding hydrogens is 430 g/mol. The molecule has 9 nitrogen and oxygen atoms in total. The van der Waals surface area contributed by atoms with Gasteiger partial charge in [-0.25, -0.2) is 9.97 Å². The molecule has 4 aromatic rings. The normalized spacial score (nSPS) is 14.6. The fourth-order valence-corrected chi connectivity index (χ4v) is 4.26. The zero-order chi connectivity index (χ0) is 22.4. The number of fused-ring (bicyclic) bond motifs is 1. The second-order valence-corrected chi connectivity index (χ2v) is 8.32. The number of pyridine rings is 1. The zero-order valence-electron chi connectivity index (χ0n) is 17.7. The number of benzene rings is 1. The molecule has 1 aliphatic rings. The second-order valence-electron chi connectivity index (χ2n) is 7.91. The Hall–Kier alpha value is -3.46. The van der Waals surface area contributed by atoms with E-state index in [9.17, 15) is 4.79 Å². The molecule has 3 heterocycles. The first-order valence-corrected chi connectivity index (χ1v) is 10.9. The number of halogens is 1. The second kappa shape index (κ2) is 7.90. The minimum Gasteiger partial charge on any atom is -0.383 e. The zero-order valence-corrected chi connectivity index (χ0v) is 18.4. The van der Waals surface area contributed by atoms with Gasteiger partial charge in [-0.05, 0) is 43.7 Å².